The predicted octanol–water partition coefficient (Wildman–Crippen LogP) is 0.365. The lowest BCUT2D eigenvalue weighted by Crippen LogP contribution is -2.30. The van der Waals surface area contributed by atoms with E-state index in [4.69, 9.17) is 0 Å². The first-order valence-electron chi connectivity index (χ1n) is 5.78. The number of aromatic nitrogens is 2. The fraction of sp³-hybridized carbons (Fsp3) is 0.500. The lowest BCUT2D eigenvalue weighted by Gasteiger charge is -2.07. The van der Waals surface area contributed by atoms with Gasteiger partial charge in [0.1, 0.15) is 6.20 Å². The maximum Gasteiger partial charge on any atom is 0.329 e. The smallest absolute Gasteiger partial charge is 0.329 e. The molecule has 0 aromatic carbocycles. The minimum Gasteiger partial charge on any atom is -0.357 e. The van der Waals surface area contributed by atoms with Gasteiger partial charge in [-0.25, -0.2) is 4.98 Å². The summed E-state index contributed by atoms with van der Waals surface area (Å²) in [5.74, 6) is -0.00108. The number of amides is 1. The molecule has 0 aliphatic heterocycles. The van der Waals surface area contributed by atoms with Crippen molar-refractivity contribution in [2.24, 2.45) is 0 Å². The second-order valence-electron chi connectivity index (χ2n) is 3.64. The zero-order chi connectivity index (χ0) is 14.3. The molecule has 0 fully saturated rings. The van der Waals surface area contributed by atoms with E-state index in [1.165, 1.54) is 0 Å². The second kappa shape index (κ2) is 7.09. The van der Waals surface area contributed by atoms with Crippen molar-refractivity contribution in [3.63, 3.8) is 0 Å². The van der Waals surface area contributed by atoms with E-state index in [0.717, 1.165) is 12.6 Å². The first-order valence-corrected chi connectivity index (χ1v) is 5.78. The maximum absolute atomic E-state index is 11.4. The van der Waals surface area contributed by atoms with Gasteiger partial charge in [0.15, 0.2) is 0 Å². The number of carbonyl (C=O) groups excluding carboxylic acids is 1. The minimum atomic E-state index is -0.605. The number of rotatable bonds is 7. The molecule has 0 aliphatic rings. The van der Waals surface area contributed by atoms with E-state index in [-0.39, 0.29) is 29.9 Å². The molecule has 104 valence electrons. The SMILES string of the molecule is CCCNC(=O)CNc1nc(NC)ncc1[N+](=O)[O-]. The molecule has 19 heavy (non-hydrogen) atoms. The predicted molar refractivity (Wildman–Crippen MR) is 70.0 cm³/mol. The quantitative estimate of drug-likeness (QED) is 0.482. The highest BCUT2D eigenvalue weighted by Crippen LogP contribution is 2.21. The molecule has 1 aromatic heterocycles. The van der Waals surface area contributed by atoms with Crippen molar-refractivity contribution >= 4 is 23.4 Å². The van der Waals surface area contributed by atoms with Gasteiger partial charge in [-0.2, -0.15) is 4.98 Å². The number of hydrogen-bond donors (Lipinski definition) is 3. The Morgan fingerprint density at radius 1 is 1.53 bits per heavy atom. The molecule has 0 bridgehead atoms. The van der Waals surface area contributed by atoms with Crippen molar-refractivity contribution in [3.8, 4) is 0 Å². The fourth-order valence-electron chi connectivity index (χ4n) is 1.25. The summed E-state index contributed by atoms with van der Waals surface area (Å²) in [5, 5.41) is 18.8. The van der Waals surface area contributed by atoms with Crippen molar-refractivity contribution in [1.29, 1.82) is 0 Å². The molecular formula is C10H16N6O3. The standard InChI is InChI=1S/C10H16N6O3/c1-3-4-12-8(17)6-13-9-7(16(18)19)5-14-10(11-2)15-9/h5H,3-4,6H2,1-2H3,(H,12,17)(H2,11,13,14,15). The summed E-state index contributed by atoms with van der Waals surface area (Å²) in [4.78, 5) is 29.3. The average Bonchev–Trinajstić information content (AvgIpc) is 2.42. The van der Waals surface area contributed by atoms with Crippen LogP contribution >= 0.6 is 0 Å². The van der Waals surface area contributed by atoms with Crippen molar-refractivity contribution in [3.05, 3.63) is 16.3 Å². The summed E-state index contributed by atoms with van der Waals surface area (Å²) in [7, 11) is 1.60. The van der Waals surface area contributed by atoms with Crippen LogP contribution in [0.3, 0.4) is 0 Å². The Balaban J connectivity index is 2.74. The van der Waals surface area contributed by atoms with E-state index in [1.54, 1.807) is 7.05 Å². The highest BCUT2D eigenvalue weighted by molar-refractivity contribution is 5.81. The molecule has 0 spiro atoms. The van der Waals surface area contributed by atoms with E-state index in [1.807, 2.05) is 6.92 Å². The lowest BCUT2D eigenvalue weighted by molar-refractivity contribution is -0.384. The molecule has 1 rings (SSSR count). The minimum absolute atomic E-state index is 0.0102. The Hall–Kier alpha value is -2.45. The number of carbonyl (C=O) groups is 1. The summed E-state index contributed by atoms with van der Waals surface area (Å²) in [5.41, 5.74) is -0.276. The number of nitrogens with zero attached hydrogens (tertiary/aromatic N) is 3. The highest BCUT2D eigenvalue weighted by Gasteiger charge is 2.17. The molecule has 9 heteroatoms. The van der Waals surface area contributed by atoms with Crippen molar-refractivity contribution in [2.45, 2.75) is 13.3 Å². The Morgan fingerprint density at radius 3 is 2.84 bits per heavy atom. The Kier molecular flexibility index (Phi) is 5.45. The zero-order valence-corrected chi connectivity index (χ0v) is 10.8. The lowest BCUT2D eigenvalue weighted by atomic mass is 10.4. The molecule has 1 heterocycles. The van der Waals surface area contributed by atoms with Crippen LogP contribution in [0.4, 0.5) is 17.5 Å². The van der Waals surface area contributed by atoms with Gasteiger partial charge in [-0.3, -0.25) is 14.9 Å². The van der Waals surface area contributed by atoms with Crippen LogP contribution in [-0.4, -0.2) is 40.9 Å². The first kappa shape index (κ1) is 14.6. The van der Waals surface area contributed by atoms with Crippen LogP contribution in [0.5, 0.6) is 0 Å². The number of nitro groups is 1. The monoisotopic (exact) mass is 268 g/mol. The second-order valence-corrected chi connectivity index (χ2v) is 3.64. The van der Waals surface area contributed by atoms with Crippen LogP contribution in [-0.2, 0) is 4.79 Å². The third kappa shape index (κ3) is 4.37. The van der Waals surface area contributed by atoms with Gasteiger partial charge in [0.25, 0.3) is 0 Å². The van der Waals surface area contributed by atoms with Gasteiger partial charge in [0, 0.05) is 13.6 Å². The van der Waals surface area contributed by atoms with Crippen molar-refractivity contribution < 1.29 is 9.72 Å². The summed E-state index contributed by atoms with van der Waals surface area (Å²) in [6.07, 6.45) is 1.91. The van der Waals surface area contributed by atoms with Crippen LogP contribution in [0, 0.1) is 10.1 Å². The van der Waals surface area contributed by atoms with Crippen LogP contribution in [0.1, 0.15) is 13.3 Å². The summed E-state index contributed by atoms with van der Waals surface area (Å²) < 4.78 is 0. The van der Waals surface area contributed by atoms with E-state index in [9.17, 15) is 14.9 Å². The Labute approximate surface area is 110 Å². The topological polar surface area (TPSA) is 122 Å². The zero-order valence-electron chi connectivity index (χ0n) is 10.8. The molecule has 0 radical (unpaired) electrons. The molecule has 0 unspecified atom stereocenters. The van der Waals surface area contributed by atoms with Crippen molar-refractivity contribution in [2.75, 3.05) is 30.8 Å². The molecular weight excluding hydrogens is 252 g/mol. The van der Waals surface area contributed by atoms with E-state index >= 15 is 0 Å². The molecule has 1 amide bonds. The number of anilines is 2. The molecule has 0 saturated heterocycles. The Bertz CT molecular complexity index is 465. The number of hydrogen-bond acceptors (Lipinski definition) is 7. The third-order valence-corrected chi connectivity index (χ3v) is 2.18. The molecule has 1 aromatic rings. The summed E-state index contributed by atoms with van der Waals surface area (Å²) >= 11 is 0. The highest BCUT2D eigenvalue weighted by atomic mass is 16.6. The van der Waals surface area contributed by atoms with Gasteiger partial charge in [-0.15, -0.1) is 0 Å². The number of nitrogens with one attached hydrogen (secondary N) is 3. The van der Waals surface area contributed by atoms with Gasteiger partial charge < -0.3 is 16.0 Å². The molecule has 3 N–H and O–H groups in total. The molecule has 0 atom stereocenters. The fourth-order valence-corrected chi connectivity index (χ4v) is 1.25. The van der Waals surface area contributed by atoms with Crippen LogP contribution < -0.4 is 16.0 Å². The molecule has 0 aliphatic carbocycles. The van der Waals surface area contributed by atoms with E-state index in [2.05, 4.69) is 25.9 Å². The normalized spacial score (nSPS) is 9.79. The van der Waals surface area contributed by atoms with Gasteiger partial charge in [-0.1, -0.05) is 6.92 Å². The summed E-state index contributed by atoms with van der Waals surface area (Å²) in [6.45, 7) is 2.41. The van der Waals surface area contributed by atoms with Gasteiger partial charge in [0.2, 0.25) is 17.7 Å². The molecule has 0 saturated carbocycles. The van der Waals surface area contributed by atoms with Crippen molar-refractivity contribution in [1.82, 2.24) is 15.3 Å². The summed E-state index contributed by atoms with van der Waals surface area (Å²) in [6, 6.07) is 0. The van der Waals surface area contributed by atoms with Gasteiger partial charge in [0.05, 0.1) is 11.5 Å². The first-order chi connectivity index (χ1) is 9.08. The van der Waals surface area contributed by atoms with E-state index in [0.29, 0.717) is 6.54 Å². The van der Waals surface area contributed by atoms with E-state index < -0.39 is 4.92 Å². The largest absolute Gasteiger partial charge is 0.357 e. The molecule has 9 nitrogen and oxygen atoms in total. The third-order valence-electron chi connectivity index (χ3n) is 2.18. The van der Waals surface area contributed by atoms with Crippen LogP contribution in [0.25, 0.3) is 0 Å². The van der Waals surface area contributed by atoms with Crippen LogP contribution in [0.15, 0.2) is 6.20 Å². The van der Waals surface area contributed by atoms with Gasteiger partial charge in [-0.05, 0) is 6.42 Å². The van der Waals surface area contributed by atoms with Gasteiger partial charge >= 0.3 is 5.69 Å². The average molecular weight is 268 g/mol. The van der Waals surface area contributed by atoms with Crippen LogP contribution in [0.2, 0.25) is 0 Å². The Morgan fingerprint density at radius 2 is 2.26 bits per heavy atom. The maximum atomic E-state index is 11.4.